The lowest BCUT2D eigenvalue weighted by atomic mass is 9.43. The summed E-state index contributed by atoms with van der Waals surface area (Å²) in [6, 6.07) is 43.6. The van der Waals surface area contributed by atoms with Crippen LogP contribution in [0.3, 0.4) is 0 Å². The van der Waals surface area contributed by atoms with E-state index in [-0.39, 0.29) is 5.41 Å². The van der Waals surface area contributed by atoms with Crippen LogP contribution in [0.4, 0.5) is 0 Å². The molecule has 1 spiro atoms. The highest BCUT2D eigenvalue weighted by Gasteiger charge is 2.61. The van der Waals surface area contributed by atoms with Crippen molar-refractivity contribution in [1.29, 1.82) is 0 Å². The SMILES string of the molecule is c1ccc(-n2c3ccccc3c3c(-c4cccc5c4-c4ccccc4C54C5CC6CC(C5)CC4C6)cccc32)cc1. The second-order valence-corrected chi connectivity index (χ2v) is 13.3. The van der Waals surface area contributed by atoms with Crippen molar-refractivity contribution < 1.29 is 0 Å². The Morgan fingerprint density at radius 2 is 1.10 bits per heavy atom. The second-order valence-electron chi connectivity index (χ2n) is 13.3. The number of fused-ring (bicyclic) bond motifs is 6. The highest BCUT2D eigenvalue weighted by Crippen LogP contribution is 2.70. The van der Waals surface area contributed by atoms with Gasteiger partial charge in [0.1, 0.15) is 0 Å². The first-order valence-electron chi connectivity index (χ1n) is 15.6. The van der Waals surface area contributed by atoms with Crippen LogP contribution < -0.4 is 0 Å². The van der Waals surface area contributed by atoms with Crippen LogP contribution in [0.15, 0.2) is 115 Å². The van der Waals surface area contributed by atoms with E-state index in [1.165, 1.54) is 81.9 Å². The van der Waals surface area contributed by atoms with Crippen molar-refractivity contribution in [2.45, 2.75) is 37.5 Å². The molecule has 0 N–H and O–H groups in total. The van der Waals surface area contributed by atoms with E-state index < -0.39 is 0 Å². The average molecular weight is 528 g/mol. The number of rotatable bonds is 2. The molecule has 1 heterocycles. The minimum atomic E-state index is 0.196. The van der Waals surface area contributed by atoms with Crippen molar-refractivity contribution in [1.82, 2.24) is 4.57 Å². The molecule has 198 valence electrons. The van der Waals surface area contributed by atoms with Crippen LogP contribution in [-0.2, 0) is 5.41 Å². The van der Waals surface area contributed by atoms with Crippen molar-refractivity contribution in [3.63, 3.8) is 0 Å². The Morgan fingerprint density at radius 3 is 1.93 bits per heavy atom. The first kappa shape index (κ1) is 22.6. The minimum absolute atomic E-state index is 0.196. The van der Waals surface area contributed by atoms with Crippen molar-refractivity contribution in [3.8, 4) is 27.9 Å². The van der Waals surface area contributed by atoms with Gasteiger partial charge in [0.25, 0.3) is 0 Å². The van der Waals surface area contributed by atoms with Crippen LogP contribution in [-0.4, -0.2) is 4.57 Å². The minimum Gasteiger partial charge on any atom is -0.309 e. The van der Waals surface area contributed by atoms with Gasteiger partial charge < -0.3 is 4.57 Å². The highest BCUT2D eigenvalue weighted by molar-refractivity contribution is 6.17. The summed E-state index contributed by atoms with van der Waals surface area (Å²) < 4.78 is 2.45. The molecule has 0 aliphatic heterocycles. The van der Waals surface area contributed by atoms with E-state index in [9.17, 15) is 0 Å². The van der Waals surface area contributed by atoms with Gasteiger partial charge in [0.05, 0.1) is 11.0 Å². The van der Waals surface area contributed by atoms with Gasteiger partial charge in [-0.05, 0) is 113 Å². The molecule has 5 aliphatic carbocycles. The molecule has 1 nitrogen and oxygen atoms in total. The maximum Gasteiger partial charge on any atom is 0.0547 e. The number of aromatic nitrogens is 1. The lowest BCUT2D eigenvalue weighted by Gasteiger charge is -2.61. The van der Waals surface area contributed by atoms with Gasteiger partial charge in [-0.25, -0.2) is 0 Å². The molecule has 6 aromatic rings. The molecule has 4 saturated carbocycles. The Morgan fingerprint density at radius 1 is 0.488 bits per heavy atom. The largest absolute Gasteiger partial charge is 0.309 e. The Bertz CT molecular complexity index is 1980. The fraction of sp³-hybridized carbons (Fsp3) is 0.250. The van der Waals surface area contributed by atoms with Crippen LogP contribution in [0, 0.1) is 23.7 Å². The van der Waals surface area contributed by atoms with E-state index in [2.05, 4.69) is 120 Å². The van der Waals surface area contributed by atoms with Crippen LogP contribution in [0.25, 0.3) is 49.7 Å². The maximum absolute atomic E-state index is 2.52. The Hall–Kier alpha value is -4.10. The molecule has 0 radical (unpaired) electrons. The zero-order chi connectivity index (χ0) is 26.7. The molecular formula is C40H33N. The van der Waals surface area contributed by atoms with Gasteiger partial charge in [0.2, 0.25) is 0 Å². The standard InChI is InChI=1S/C40H33N/c1-2-10-29(11-3-1)41-36-18-7-5-13-33(36)39-31(15-9-19-37(39)41)30-14-8-17-35-38(30)32-12-4-6-16-34(32)40(35)27-21-25-20-26(23-27)24-28(40)22-25/h1-19,25-28H,20-24H2. The number of hydrogen-bond acceptors (Lipinski definition) is 0. The fourth-order valence-corrected chi connectivity index (χ4v) is 10.5. The monoisotopic (exact) mass is 527 g/mol. The molecule has 0 atom stereocenters. The third-order valence-electron chi connectivity index (χ3n) is 11.6. The topological polar surface area (TPSA) is 4.93 Å². The molecule has 1 heteroatoms. The summed E-state index contributed by atoms with van der Waals surface area (Å²) in [5, 5.41) is 2.69. The van der Waals surface area contributed by atoms with E-state index >= 15 is 0 Å². The summed E-state index contributed by atoms with van der Waals surface area (Å²) in [6.07, 6.45) is 7.18. The quantitative estimate of drug-likeness (QED) is 0.211. The van der Waals surface area contributed by atoms with Gasteiger partial charge in [-0.2, -0.15) is 0 Å². The predicted molar refractivity (Wildman–Crippen MR) is 169 cm³/mol. The molecular weight excluding hydrogens is 494 g/mol. The number of para-hydroxylation sites is 2. The molecule has 41 heavy (non-hydrogen) atoms. The Kier molecular flexibility index (Phi) is 4.41. The molecule has 5 aliphatic rings. The highest BCUT2D eigenvalue weighted by atomic mass is 15.0. The molecule has 11 rings (SSSR count). The Balaban J connectivity index is 1.29. The molecule has 0 amide bonds. The summed E-state index contributed by atoms with van der Waals surface area (Å²) in [6.45, 7) is 0. The summed E-state index contributed by atoms with van der Waals surface area (Å²) >= 11 is 0. The van der Waals surface area contributed by atoms with Gasteiger partial charge in [-0.1, -0.05) is 91.0 Å². The Labute approximate surface area is 241 Å². The van der Waals surface area contributed by atoms with Crippen LogP contribution in [0.2, 0.25) is 0 Å². The lowest BCUT2D eigenvalue weighted by molar-refractivity contribution is -0.0399. The first-order chi connectivity index (χ1) is 20.3. The summed E-state index contributed by atoms with van der Waals surface area (Å²) in [5.74, 6) is 3.49. The van der Waals surface area contributed by atoms with Crippen molar-refractivity contribution in [2.75, 3.05) is 0 Å². The predicted octanol–water partition coefficient (Wildman–Crippen LogP) is 10.2. The molecule has 4 bridgehead atoms. The first-order valence-corrected chi connectivity index (χ1v) is 15.6. The van der Waals surface area contributed by atoms with E-state index in [1.807, 2.05) is 0 Å². The van der Waals surface area contributed by atoms with Gasteiger partial charge in [-0.15, -0.1) is 0 Å². The average Bonchev–Trinajstić information content (AvgIpc) is 3.51. The van der Waals surface area contributed by atoms with Crippen molar-refractivity contribution in [2.24, 2.45) is 23.7 Å². The van der Waals surface area contributed by atoms with Crippen molar-refractivity contribution in [3.05, 3.63) is 126 Å². The zero-order valence-electron chi connectivity index (χ0n) is 23.3. The van der Waals surface area contributed by atoms with Gasteiger partial charge in [0, 0.05) is 21.9 Å². The smallest absolute Gasteiger partial charge is 0.0547 e. The molecule has 0 unspecified atom stereocenters. The van der Waals surface area contributed by atoms with E-state index in [1.54, 1.807) is 11.1 Å². The number of hydrogen-bond donors (Lipinski definition) is 0. The summed E-state index contributed by atoms with van der Waals surface area (Å²) in [7, 11) is 0. The number of benzene rings is 5. The second kappa shape index (κ2) is 8.01. The molecule has 5 aromatic carbocycles. The normalized spacial score (nSPS) is 27.1. The lowest BCUT2D eigenvalue weighted by Crippen LogP contribution is -2.55. The maximum atomic E-state index is 2.52. The van der Waals surface area contributed by atoms with Gasteiger partial charge in [0.15, 0.2) is 0 Å². The summed E-state index contributed by atoms with van der Waals surface area (Å²) in [4.78, 5) is 0. The molecule has 4 fully saturated rings. The third-order valence-corrected chi connectivity index (χ3v) is 11.6. The van der Waals surface area contributed by atoms with E-state index in [0.717, 1.165) is 23.7 Å². The van der Waals surface area contributed by atoms with Crippen LogP contribution in [0.1, 0.15) is 43.2 Å². The van der Waals surface area contributed by atoms with Gasteiger partial charge >= 0.3 is 0 Å². The molecule has 1 aromatic heterocycles. The van der Waals surface area contributed by atoms with Crippen LogP contribution in [0.5, 0.6) is 0 Å². The summed E-state index contributed by atoms with van der Waals surface area (Å²) in [5.41, 5.74) is 13.0. The molecule has 0 saturated heterocycles. The van der Waals surface area contributed by atoms with Crippen molar-refractivity contribution >= 4 is 21.8 Å². The number of nitrogens with zero attached hydrogens (tertiary/aromatic N) is 1. The van der Waals surface area contributed by atoms with Gasteiger partial charge in [-0.3, -0.25) is 0 Å². The zero-order valence-corrected chi connectivity index (χ0v) is 23.3. The van der Waals surface area contributed by atoms with E-state index in [0.29, 0.717) is 0 Å². The van der Waals surface area contributed by atoms with E-state index in [4.69, 9.17) is 0 Å². The third kappa shape index (κ3) is 2.78. The van der Waals surface area contributed by atoms with Crippen LogP contribution >= 0.6 is 0 Å². The fourth-order valence-electron chi connectivity index (χ4n) is 10.5.